The van der Waals surface area contributed by atoms with Crippen LogP contribution in [-0.4, -0.2) is 49.7 Å². The van der Waals surface area contributed by atoms with Crippen molar-refractivity contribution in [3.63, 3.8) is 0 Å². The first kappa shape index (κ1) is 18.4. The molecule has 1 aromatic rings. The topological polar surface area (TPSA) is 66.8 Å². The summed E-state index contributed by atoms with van der Waals surface area (Å²) in [4.78, 5) is 0.441. The third-order valence-corrected chi connectivity index (χ3v) is 8.37. The zero-order chi connectivity index (χ0) is 18.2. The number of hydrogen-bond donors (Lipinski definition) is 1. The first-order chi connectivity index (χ1) is 12.5. The van der Waals surface area contributed by atoms with Crippen LogP contribution in [0.25, 0.3) is 0 Å². The SMILES string of the molecule is O=S(=O)(c1ccc2c(c1)CCC2)N1CCC2(CC1)CC(CCO)CCO2. The fourth-order valence-electron chi connectivity index (χ4n) is 4.90. The van der Waals surface area contributed by atoms with E-state index in [-0.39, 0.29) is 12.2 Å². The number of benzene rings is 1. The molecule has 1 unspecified atom stereocenters. The molecule has 6 heteroatoms. The average molecular weight is 380 g/mol. The van der Waals surface area contributed by atoms with Gasteiger partial charge in [0.2, 0.25) is 10.0 Å². The molecular weight excluding hydrogens is 350 g/mol. The fourth-order valence-corrected chi connectivity index (χ4v) is 6.39. The molecule has 144 valence electrons. The molecule has 4 rings (SSSR count). The molecule has 1 spiro atoms. The van der Waals surface area contributed by atoms with E-state index in [0.29, 0.717) is 23.9 Å². The number of hydrogen-bond acceptors (Lipinski definition) is 4. The van der Waals surface area contributed by atoms with Crippen LogP contribution in [-0.2, 0) is 27.6 Å². The van der Waals surface area contributed by atoms with Gasteiger partial charge in [0.05, 0.1) is 10.5 Å². The second-order valence-corrected chi connectivity index (χ2v) is 10.0. The monoisotopic (exact) mass is 379 g/mol. The number of piperidine rings is 1. The van der Waals surface area contributed by atoms with Crippen molar-refractivity contribution < 1.29 is 18.3 Å². The molecule has 1 N–H and O–H groups in total. The van der Waals surface area contributed by atoms with E-state index in [1.807, 2.05) is 12.1 Å². The highest BCUT2D eigenvalue weighted by atomic mass is 32.2. The zero-order valence-corrected chi connectivity index (χ0v) is 16.1. The van der Waals surface area contributed by atoms with E-state index < -0.39 is 10.0 Å². The summed E-state index contributed by atoms with van der Waals surface area (Å²) in [6.45, 7) is 1.98. The lowest BCUT2D eigenvalue weighted by Crippen LogP contribution is -2.50. The average Bonchev–Trinajstić information content (AvgIpc) is 3.10. The van der Waals surface area contributed by atoms with Gasteiger partial charge in [-0.3, -0.25) is 0 Å². The molecule has 3 aliphatic rings. The Hall–Kier alpha value is -0.950. The van der Waals surface area contributed by atoms with Gasteiger partial charge >= 0.3 is 0 Å². The molecule has 5 nitrogen and oxygen atoms in total. The van der Waals surface area contributed by atoms with E-state index in [2.05, 4.69) is 0 Å². The number of nitrogens with zero attached hydrogens (tertiary/aromatic N) is 1. The summed E-state index contributed by atoms with van der Waals surface area (Å²) in [7, 11) is -3.42. The van der Waals surface area contributed by atoms with Crippen molar-refractivity contribution in [1.82, 2.24) is 4.31 Å². The van der Waals surface area contributed by atoms with Gasteiger partial charge in [0.25, 0.3) is 0 Å². The number of ether oxygens (including phenoxy) is 1. The highest BCUT2D eigenvalue weighted by Crippen LogP contribution is 2.40. The van der Waals surface area contributed by atoms with Crippen molar-refractivity contribution in [2.24, 2.45) is 5.92 Å². The van der Waals surface area contributed by atoms with Crippen molar-refractivity contribution in [3.8, 4) is 0 Å². The molecule has 26 heavy (non-hydrogen) atoms. The predicted molar refractivity (Wildman–Crippen MR) is 99.6 cm³/mol. The second-order valence-electron chi connectivity index (χ2n) is 8.09. The van der Waals surface area contributed by atoms with E-state index >= 15 is 0 Å². The maximum absolute atomic E-state index is 13.1. The minimum Gasteiger partial charge on any atom is -0.396 e. The smallest absolute Gasteiger partial charge is 0.243 e. The number of aryl methyl sites for hydroxylation is 2. The summed E-state index contributed by atoms with van der Waals surface area (Å²) in [6, 6.07) is 5.65. The van der Waals surface area contributed by atoms with E-state index in [1.54, 1.807) is 10.4 Å². The molecule has 2 heterocycles. The second kappa shape index (κ2) is 7.23. The maximum Gasteiger partial charge on any atom is 0.243 e. The Labute approximate surface area is 156 Å². The Morgan fingerprint density at radius 2 is 1.96 bits per heavy atom. The van der Waals surface area contributed by atoms with Gasteiger partial charge in [-0.05, 0) is 80.5 Å². The summed E-state index contributed by atoms with van der Waals surface area (Å²) >= 11 is 0. The van der Waals surface area contributed by atoms with Crippen LogP contribution in [0.15, 0.2) is 23.1 Å². The largest absolute Gasteiger partial charge is 0.396 e. The van der Waals surface area contributed by atoms with Crippen LogP contribution in [0.1, 0.15) is 49.7 Å². The number of fused-ring (bicyclic) bond motifs is 1. The Balaban J connectivity index is 1.45. The maximum atomic E-state index is 13.1. The van der Waals surface area contributed by atoms with Crippen molar-refractivity contribution in [1.29, 1.82) is 0 Å². The van der Waals surface area contributed by atoms with Crippen LogP contribution < -0.4 is 0 Å². The third-order valence-electron chi connectivity index (χ3n) is 6.47. The summed E-state index contributed by atoms with van der Waals surface area (Å²) in [5, 5.41) is 9.22. The number of aliphatic hydroxyl groups excluding tert-OH is 1. The Morgan fingerprint density at radius 3 is 2.73 bits per heavy atom. The normalized spacial score (nSPS) is 26.1. The molecule has 0 radical (unpaired) electrons. The van der Waals surface area contributed by atoms with Gasteiger partial charge in [-0.25, -0.2) is 8.42 Å². The summed E-state index contributed by atoms with van der Waals surface area (Å²) in [6.07, 6.45) is 7.44. The van der Waals surface area contributed by atoms with Crippen LogP contribution in [0.2, 0.25) is 0 Å². The predicted octanol–water partition coefficient (Wildman–Crippen LogP) is 2.51. The number of rotatable bonds is 4. The molecule has 0 saturated carbocycles. The van der Waals surface area contributed by atoms with Crippen LogP contribution >= 0.6 is 0 Å². The number of sulfonamides is 1. The van der Waals surface area contributed by atoms with Crippen LogP contribution in [0.5, 0.6) is 0 Å². The molecule has 0 aromatic heterocycles. The Morgan fingerprint density at radius 1 is 1.19 bits per heavy atom. The molecule has 0 amide bonds. The van der Waals surface area contributed by atoms with Gasteiger partial charge in [0.1, 0.15) is 0 Å². The Bertz CT molecular complexity index is 751. The highest BCUT2D eigenvalue weighted by molar-refractivity contribution is 7.89. The lowest BCUT2D eigenvalue weighted by Gasteiger charge is -2.45. The summed E-state index contributed by atoms with van der Waals surface area (Å²) in [5.74, 6) is 0.494. The quantitative estimate of drug-likeness (QED) is 0.873. The summed E-state index contributed by atoms with van der Waals surface area (Å²) in [5.41, 5.74) is 2.30. The van der Waals surface area contributed by atoms with E-state index in [0.717, 1.165) is 58.0 Å². The van der Waals surface area contributed by atoms with Gasteiger partial charge in [-0.2, -0.15) is 4.31 Å². The fraction of sp³-hybridized carbons (Fsp3) is 0.700. The van der Waals surface area contributed by atoms with Crippen LogP contribution in [0.3, 0.4) is 0 Å². The van der Waals surface area contributed by atoms with Crippen molar-refractivity contribution in [2.45, 2.75) is 61.9 Å². The molecule has 2 saturated heterocycles. The lowest BCUT2D eigenvalue weighted by molar-refractivity contribution is -0.122. The third kappa shape index (κ3) is 3.44. The molecule has 2 aliphatic heterocycles. The molecular formula is C20H29NO4S. The molecule has 2 fully saturated rings. The van der Waals surface area contributed by atoms with Crippen LogP contribution in [0.4, 0.5) is 0 Å². The van der Waals surface area contributed by atoms with Crippen molar-refractivity contribution in [3.05, 3.63) is 29.3 Å². The Kier molecular flexibility index (Phi) is 5.12. The van der Waals surface area contributed by atoms with Gasteiger partial charge in [-0.1, -0.05) is 6.07 Å². The molecule has 0 bridgehead atoms. The lowest BCUT2D eigenvalue weighted by atomic mass is 9.79. The van der Waals surface area contributed by atoms with Crippen molar-refractivity contribution in [2.75, 3.05) is 26.3 Å². The van der Waals surface area contributed by atoms with Gasteiger partial charge in [0, 0.05) is 26.3 Å². The summed E-state index contributed by atoms with van der Waals surface area (Å²) < 4.78 is 33.9. The van der Waals surface area contributed by atoms with E-state index in [9.17, 15) is 13.5 Å². The first-order valence-electron chi connectivity index (χ1n) is 9.89. The zero-order valence-electron chi connectivity index (χ0n) is 15.3. The molecule has 1 aliphatic carbocycles. The van der Waals surface area contributed by atoms with Gasteiger partial charge in [-0.15, -0.1) is 0 Å². The van der Waals surface area contributed by atoms with Crippen LogP contribution in [0, 0.1) is 5.92 Å². The minimum absolute atomic E-state index is 0.192. The minimum atomic E-state index is -3.42. The molecule has 1 aromatic carbocycles. The van der Waals surface area contributed by atoms with E-state index in [4.69, 9.17) is 4.74 Å². The van der Waals surface area contributed by atoms with Gasteiger partial charge in [0.15, 0.2) is 0 Å². The van der Waals surface area contributed by atoms with Crippen molar-refractivity contribution >= 4 is 10.0 Å². The number of aliphatic hydroxyl groups is 1. The molecule has 1 atom stereocenters. The standard InChI is InChI=1S/C20H29NO4S/c22-12-6-16-7-13-25-20(15-16)8-10-21(11-9-20)26(23,24)19-5-4-17-2-1-3-18(17)14-19/h4-5,14,16,22H,1-3,6-13,15H2. The highest BCUT2D eigenvalue weighted by Gasteiger charge is 2.42. The van der Waals surface area contributed by atoms with E-state index in [1.165, 1.54) is 11.1 Å². The first-order valence-corrected chi connectivity index (χ1v) is 11.3. The van der Waals surface area contributed by atoms with Gasteiger partial charge < -0.3 is 9.84 Å².